The molecule has 0 saturated carbocycles. The van der Waals surface area contributed by atoms with Crippen LogP contribution in [0.15, 0.2) is 0 Å². The number of nitrogens with one attached hydrogen (secondary N) is 1. The van der Waals surface area contributed by atoms with Gasteiger partial charge in [-0.25, -0.2) is 0 Å². The highest BCUT2D eigenvalue weighted by molar-refractivity contribution is 6.31. The van der Waals surface area contributed by atoms with Gasteiger partial charge in [0.2, 0.25) is 0 Å². The predicted molar refractivity (Wildman–Crippen MR) is 78.0 cm³/mol. The van der Waals surface area contributed by atoms with E-state index in [9.17, 15) is 0 Å². The van der Waals surface area contributed by atoms with Gasteiger partial charge in [0.15, 0.2) is 0 Å². The minimum atomic E-state index is 0.809. The molecule has 0 amide bonds. The predicted octanol–water partition coefficient (Wildman–Crippen LogP) is 3.55. The average molecular weight is 272 g/mol. The lowest BCUT2D eigenvalue weighted by molar-refractivity contribution is 0.516. The second kappa shape index (κ2) is 7.80. The highest BCUT2D eigenvalue weighted by atomic mass is 35.5. The summed E-state index contributed by atoms with van der Waals surface area (Å²) < 4.78 is 1.89. The summed E-state index contributed by atoms with van der Waals surface area (Å²) in [5.74, 6) is 0.809. The second-order valence-electron chi connectivity index (χ2n) is 5.25. The zero-order valence-electron chi connectivity index (χ0n) is 12.1. The number of aryl methyl sites for hydroxylation is 2. The summed E-state index contributed by atoms with van der Waals surface area (Å²) in [5.41, 5.74) is 2.09. The van der Waals surface area contributed by atoms with Crippen LogP contribution >= 0.6 is 11.6 Å². The van der Waals surface area contributed by atoms with Gasteiger partial charge in [0.1, 0.15) is 0 Å². The Labute approximate surface area is 116 Å². The Balaban J connectivity index is 2.29. The van der Waals surface area contributed by atoms with Crippen molar-refractivity contribution in [1.82, 2.24) is 15.1 Å². The van der Waals surface area contributed by atoms with E-state index in [0.29, 0.717) is 0 Å². The maximum atomic E-state index is 6.29. The van der Waals surface area contributed by atoms with Gasteiger partial charge in [0.05, 0.1) is 16.4 Å². The molecule has 0 aromatic carbocycles. The standard InChI is InChI=1S/C14H26ClN3/c1-5-12-14(15)13(18(4)17-12)10-16-9-7-6-8-11(2)3/h11,16H,5-10H2,1-4H3. The van der Waals surface area contributed by atoms with Gasteiger partial charge in [-0.1, -0.05) is 45.2 Å². The van der Waals surface area contributed by atoms with E-state index in [1.807, 2.05) is 11.7 Å². The molecule has 4 heteroatoms. The normalized spacial score (nSPS) is 11.4. The number of hydrogen-bond donors (Lipinski definition) is 1. The molecule has 104 valence electrons. The first-order chi connectivity index (χ1) is 8.56. The number of unbranched alkanes of at least 4 members (excludes halogenated alkanes) is 1. The Hall–Kier alpha value is -0.540. The summed E-state index contributed by atoms with van der Waals surface area (Å²) in [6.45, 7) is 8.49. The van der Waals surface area contributed by atoms with E-state index < -0.39 is 0 Å². The number of halogens is 1. The Morgan fingerprint density at radius 3 is 2.61 bits per heavy atom. The summed E-state index contributed by atoms with van der Waals surface area (Å²) in [6, 6.07) is 0. The van der Waals surface area contributed by atoms with Gasteiger partial charge in [0.25, 0.3) is 0 Å². The van der Waals surface area contributed by atoms with Crippen LogP contribution < -0.4 is 5.32 Å². The Morgan fingerprint density at radius 2 is 2.06 bits per heavy atom. The maximum absolute atomic E-state index is 6.29. The molecule has 0 fully saturated rings. The summed E-state index contributed by atoms with van der Waals surface area (Å²) in [7, 11) is 1.96. The monoisotopic (exact) mass is 271 g/mol. The van der Waals surface area contributed by atoms with Crippen LogP contribution in [0.1, 0.15) is 51.4 Å². The van der Waals surface area contributed by atoms with Crippen LogP contribution in [-0.2, 0) is 20.0 Å². The van der Waals surface area contributed by atoms with Gasteiger partial charge in [-0.15, -0.1) is 0 Å². The van der Waals surface area contributed by atoms with E-state index in [4.69, 9.17) is 11.6 Å². The van der Waals surface area contributed by atoms with E-state index in [0.717, 1.165) is 41.8 Å². The van der Waals surface area contributed by atoms with Gasteiger partial charge in [-0.3, -0.25) is 4.68 Å². The van der Waals surface area contributed by atoms with Crippen LogP contribution in [0.25, 0.3) is 0 Å². The SMILES string of the molecule is CCc1nn(C)c(CNCCCCC(C)C)c1Cl. The molecule has 0 bridgehead atoms. The lowest BCUT2D eigenvalue weighted by atomic mass is 10.1. The van der Waals surface area contributed by atoms with Crippen LogP contribution in [0.3, 0.4) is 0 Å². The molecule has 18 heavy (non-hydrogen) atoms. The summed E-state index contributed by atoms with van der Waals surface area (Å²) in [5, 5.41) is 8.69. The molecule has 1 aromatic heterocycles. The molecule has 0 aliphatic carbocycles. The maximum Gasteiger partial charge on any atom is 0.0863 e. The fourth-order valence-corrected chi connectivity index (χ4v) is 2.38. The quantitative estimate of drug-likeness (QED) is 0.733. The smallest absolute Gasteiger partial charge is 0.0863 e. The molecule has 0 spiro atoms. The lowest BCUT2D eigenvalue weighted by Crippen LogP contribution is -2.17. The van der Waals surface area contributed by atoms with Crippen LogP contribution in [0.5, 0.6) is 0 Å². The molecule has 0 atom stereocenters. The first-order valence-corrected chi connectivity index (χ1v) is 7.35. The van der Waals surface area contributed by atoms with Crippen LogP contribution in [0.2, 0.25) is 5.02 Å². The zero-order valence-corrected chi connectivity index (χ0v) is 12.8. The summed E-state index contributed by atoms with van der Waals surface area (Å²) in [6.07, 6.45) is 4.73. The van der Waals surface area contributed by atoms with Crippen molar-refractivity contribution in [2.75, 3.05) is 6.54 Å². The molecule has 0 saturated heterocycles. The van der Waals surface area contributed by atoms with Crippen molar-refractivity contribution in [3.8, 4) is 0 Å². The van der Waals surface area contributed by atoms with Gasteiger partial charge in [-0.2, -0.15) is 5.10 Å². The Bertz CT molecular complexity index is 358. The van der Waals surface area contributed by atoms with Gasteiger partial charge >= 0.3 is 0 Å². The third-order valence-corrected chi connectivity index (χ3v) is 3.62. The summed E-state index contributed by atoms with van der Waals surface area (Å²) in [4.78, 5) is 0. The van der Waals surface area contributed by atoms with Crippen molar-refractivity contribution >= 4 is 11.6 Å². The molecule has 1 heterocycles. The third-order valence-electron chi connectivity index (χ3n) is 3.18. The molecule has 1 aromatic rings. The summed E-state index contributed by atoms with van der Waals surface area (Å²) >= 11 is 6.29. The van der Waals surface area contributed by atoms with Gasteiger partial charge in [-0.05, 0) is 25.3 Å². The van der Waals surface area contributed by atoms with E-state index in [1.54, 1.807) is 0 Å². The molecule has 1 N–H and O–H groups in total. The van der Waals surface area contributed by atoms with Gasteiger partial charge in [0, 0.05) is 13.6 Å². The third kappa shape index (κ3) is 4.62. The van der Waals surface area contributed by atoms with E-state index in [-0.39, 0.29) is 0 Å². The average Bonchev–Trinajstić information content (AvgIpc) is 2.59. The molecule has 0 unspecified atom stereocenters. The van der Waals surface area contributed by atoms with Crippen LogP contribution in [0, 0.1) is 5.92 Å². The largest absolute Gasteiger partial charge is 0.311 e. The highest BCUT2D eigenvalue weighted by Crippen LogP contribution is 2.20. The van der Waals surface area contributed by atoms with Crippen molar-refractivity contribution in [2.24, 2.45) is 13.0 Å². The minimum Gasteiger partial charge on any atom is -0.311 e. The van der Waals surface area contributed by atoms with Gasteiger partial charge < -0.3 is 5.32 Å². The van der Waals surface area contributed by atoms with E-state index in [2.05, 4.69) is 31.2 Å². The van der Waals surface area contributed by atoms with Crippen molar-refractivity contribution < 1.29 is 0 Å². The topological polar surface area (TPSA) is 29.9 Å². The van der Waals surface area contributed by atoms with Crippen molar-refractivity contribution in [2.45, 2.75) is 53.0 Å². The van der Waals surface area contributed by atoms with Crippen LogP contribution in [-0.4, -0.2) is 16.3 Å². The molecule has 0 aliphatic heterocycles. The van der Waals surface area contributed by atoms with Crippen molar-refractivity contribution in [1.29, 1.82) is 0 Å². The molecular formula is C14H26ClN3. The highest BCUT2D eigenvalue weighted by Gasteiger charge is 2.11. The van der Waals surface area contributed by atoms with E-state index in [1.165, 1.54) is 19.3 Å². The zero-order chi connectivity index (χ0) is 13.5. The second-order valence-corrected chi connectivity index (χ2v) is 5.63. The fraction of sp³-hybridized carbons (Fsp3) is 0.786. The number of nitrogens with zero attached hydrogens (tertiary/aromatic N) is 2. The van der Waals surface area contributed by atoms with Crippen molar-refractivity contribution in [3.63, 3.8) is 0 Å². The molecule has 0 aliphatic rings. The Kier molecular flexibility index (Phi) is 6.72. The minimum absolute atomic E-state index is 0.809. The first-order valence-electron chi connectivity index (χ1n) is 6.97. The van der Waals surface area contributed by atoms with E-state index >= 15 is 0 Å². The fourth-order valence-electron chi connectivity index (χ4n) is 2.02. The number of hydrogen-bond acceptors (Lipinski definition) is 2. The molecule has 1 rings (SSSR count). The molecule has 3 nitrogen and oxygen atoms in total. The number of rotatable bonds is 8. The molecule has 0 radical (unpaired) electrons. The molecular weight excluding hydrogens is 246 g/mol. The van der Waals surface area contributed by atoms with Crippen LogP contribution in [0.4, 0.5) is 0 Å². The number of aromatic nitrogens is 2. The van der Waals surface area contributed by atoms with Crippen molar-refractivity contribution in [3.05, 3.63) is 16.4 Å². The lowest BCUT2D eigenvalue weighted by Gasteiger charge is -2.07. The Morgan fingerprint density at radius 1 is 1.33 bits per heavy atom. The first kappa shape index (κ1) is 15.5.